The molecule has 1 N–H and O–H groups in total. The highest BCUT2D eigenvalue weighted by Crippen LogP contribution is 2.27. The van der Waals surface area contributed by atoms with E-state index in [0.29, 0.717) is 6.04 Å². The molecule has 1 aromatic heterocycles. The number of amides is 1. The van der Waals surface area contributed by atoms with Crippen LogP contribution in [0.2, 0.25) is 0 Å². The van der Waals surface area contributed by atoms with Crippen molar-refractivity contribution in [1.82, 2.24) is 20.1 Å². The Morgan fingerprint density at radius 3 is 2.94 bits per heavy atom. The van der Waals surface area contributed by atoms with Gasteiger partial charge in [-0.05, 0) is 24.7 Å². The van der Waals surface area contributed by atoms with Gasteiger partial charge in [0.25, 0.3) is 0 Å². The van der Waals surface area contributed by atoms with E-state index in [1.54, 1.807) is 12.4 Å². The van der Waals surface area contributed by atoms with E-state index < -0.39 is 0 Å². The van der Waals surface area contributed by atoms with Crippen LogP contribution in [0, 0.1) is 0 Å². The van der Waals surface area contributed by atoms with Gasteiger partial charge in [0, 0.05) is 38.6 Å². The number of carbonyl (C=O) groups is 1. The fourth-order valence-electron chi connectivity index (χ4n) is 2.94. The van der Waals surface area contributed by atoms with Gasteiger partial charge in [0.1, 0.15) is 6.04 Å². The number of nitrogens with one attached hydrogen (secondary N) is 1. The third-order valence-corrected chi connectivity index (χ3v) is 3.83. The van der Waals surface area contributed by atoms with Crippen LogP contribution in [0.25, 0.3) is 0 Å². The van der Waals surface area contributed by atoms with Crippen molar-refractivity contribution in [3.05, 3.63) is 30.1 Å². The second-order valence-electron chi connectivity index (χ2n) is 5.01. The van der Waals surface area contributed by atoms with Gasteiger partial charge in [-0.2, -0.15) is 0 Å². The van der Waals surface area contributed by atoms with E-state index in [4.69, 9.17) is 0 Å². The third-order valence-electron chi connectivity index (χ3n) is 3.83. The second-order valence-corrected chi connectivity index (χ2v) is 5.01. The molecule has 96 valence electrons. The van der Waals surface area contributed by atoms with E-state index in [-0.39, 0.29) is 11.9 Å². The summed E-state index contributed by atoms with van der Waals surface area (Å²) < 4.78 is 0. The molecule has 0 radical (unpaired) electrons. The van der Waals surface area contributed by atoms with E-state index in [9.17, 15) is 4.79 Å². The van der Waals surface area contributed by atoms with Gasteiger partial charge in [0.05, 0.1) is 6.04 Å². The number of pyridine rings is 1. The summed E-state index contributed by atoms with van der Waals surface area (Å²) in [5, 5.41) is 3.35. The fourth-order valence-corrected chi connectivity index (χ4v) is 2.94. The van der Waals surface area contributed by atoms with Gasteiger partial charge in [-0.25, -0.2) is 0 Å². The van der Waals surface area contributed by atoms with Crippen LogP contribution in [0.1, 0.15) is 11.6 Å². The first-order chi connectivity index (χ1) is 8.77. The average molecular weight is 246 g/mol. The lowest BCUT2D eigenvalue weighted by Gasteiger charge is -2.46. The minimum Gasteiger partial charge on any atom is -0.334 e. The van der Waals surface area contributed by atoms with Crippen LogP contribution in [0.4, 0.5) is 0 Å². The first-order valence-electron chi connectivity index (χ1n) is 6.39. The number of likely N-dealkylation sites (N-methyl/N-ethyl adjacent to an activating group) is 1. The Hall–Kier alpha value is -1.46. The molecule has 2 fully saturated rings. The van der Waals surface area contributed by atoms with Crippen LogP contribution < -0.4 is 5.32 Å². The van der Waals surface area contributed by atoms with E-state index in [0.717, 1.165) is 31.7 Å². The molecule has 2 saturated heterocycles. The van der Waals surface area contributed by atoms with Crippen LogP contribution in [-0.2, 0) is 4.79 Å². The molecule has 1 aromatic rings. The molecule has 2 unspecified atom stereocenters. The number of hydrogen-bond donors (Lipinski definition) is 1. The normalized spacial score (nSPS) is 29.2. The Bertz CT molecular complexity index is 436. The average Bonchev–Trinajstić information content (AvgIpc) is 2.40. The van der Waals surface area contributed by atoms with Gasteiger partial charge in [-0.3, -0.25) is 14.7 Å². The van der Waals surface area contributed by atoms with Crippen molar-refractivity contribution < 1.29 is 4.79 Å². The highest BCUT2D eigenvalue weighted by Gasteiger charge is 2.40. The summed E-state index contributed by atoms with van der Waals surface area (Å²) in [4.78, 5) is 20.8. The largest absolute Gasteiger partial charge is 0.334 e. The lowest BCUT2D eigenvalue weighted by molar-refractivity contribution is -0.146. The van der Waals surface area contributed by atoms with Crippen molar-refractivity contribution in [2.45, 2.75) is 12.1 Å². The molecule has 0 spiro atoms. The molecule has 0 saturated carbocycles. The van der Waals surface area contributed by atoms with Crippen LogP contribution in [0.15, 0.2) is 24.5 Å². The van der Waals surface area contributed by atoms with Gasteiger partial charge < -0.3 is 10.2 Å². The van der Waals surface area contributed by atoms with E-state index in [1.807, 2.05) is 24.1 Å². The Morgan fingerprint density at radius 2 is 2.17 bits per heavy atom. The molecule has 3 rings (SSSR count). The lowest BCUT2D eigenvalue weighted by atomic mass is 9.99. The predicted octanol–water partition coefficient (Wildman–Crippen LogP) is -0.131. The zero-order valence-corrected chi connectivity index (χ0v) is 10.5. The van der Waals surface area contributed by atoms with Gasteiger partial charge in [-0.15, -0.1) is 0 Å². The first kappa shape index (κ1) is 11.6. The number of hydrogen-bond acceptors (Lipinski definition) is 4. The van der Waals surface area contributed by atoms with Gasteiger partial charge in [0.2, 0.25) is 5.91 Å². The van der Waals surface area contributed by atoms with Crippen LogP contribution >= 0.6 is 0 Å². The number of aromatic nitrogens is 1. The van der Waals surface area contributed by atoms with Crippen molar-refractivity contribution in [3.63, 3.8) is 0 Å². The van der Waals surface area contributed by atoms with Crippen LogP contribution in [-0.4, -0.2) is 60.0 Å². The van der Waals surface area contributed by atoms with Gasteiger partial charge in [-0.1, -0.05) is 0 Å². The molecule has 2 aliphatic rings. The maximum atomic E-state index is 12.6. The monoisotopic (exact) mass is 246 g/mol. The summed E-state index contributed by atoms with van der Waals surface area (Å²) in [6.45, 7) is 3.54. The molecule has 1 amide bonds. The maximum absolute atomic E-state index is 12.6. The molecule has 5 heteroatoms. The lowest BCUT2D eigenvalue weighted by Crippen LogP contribution is -2.63. The first-order valence-corrected chi connectivity index (χ1v) is 6.39. The molecular weight excluding hydrogens is 228 g/mol. The van der Waals surface area contributed by atoms with Crippen LogP contribution in [0.3, 0.4) is 0 Å². The fraction of sp³-hybridized carbons (Fsp3) is 0.538. The Balaban J connectivity index is 1.89. The molecule has 2 aliphatic heterocycles. The molecule has 2 atom stereocenters. The highest BCUT2D eigenvalue weighted by molar-refractivity contribution is 5.84. The number of carbonyl (C=O) groups excluding carboxylic acids is 1. The molecule has 5 nitrogen and oxygen atoms in total. The second kappa shape index (κ2) is 4.66. The molecule has 0 bridgehead atoms. The third kappa shape index (κ3) is 1.89. The van der Waals surface area contributed by atoms with Crippen molar-refractivity contribution in [1.29, 1.82) is 0 Å². The summed E-state index contributed by atoms with van der Waals surface area (Å²) in [6.07, 6.45) is 3.50. The number of nitrogens with zero attached hydrogens (tertiary/aromatic N) is 3. The van der Waals surface area contributed by atoms with Crippen LogP contribution in [0.5, 0.6) is 0 Å². The van der Waals surface area contributed by atoms with Gasteiger partial charge >= 0.3 is 0 Å². The molecule has 3 heterocycles. The SMILES string of the molecule is CN1CC2CNCCN2C(=O)C1c1ccncc1. The van der Waals surface area contributed by atoms with Crippen molar-refractivity contribution in [2.75, 3.05) is 33.2 Å². The highest BCUT2D eigenvalue weighted by atomic mass is 16.2. The predicted molar refractivity (Wildman–Crippen MR) is 68.0 cm³/mol. The van der Waals surface area contributed by atoms with E-state index in [2.05, 4.69) is 15.2 Å². The summed E-state index contributed by atoms with van der Waals surface area (Å²) in [6, 6.07) is 4.03. The number of fused-ring (bicyclic) bond motifs is 1. The van der Waals surface area contributed by atoms with Crippen molar-refractivity contribution >= 4 is 5.91 Å². The molecular formula is C13H18N4O. The zero-order chi connectivity index (χ0) is 12.5. The topological polar surface area (TPSA) is 48.5 Å². The minimum absolute atomic E-state index is 0.151. The van der Waals surface area contributed by atoms with E-state index in [1.165, 1.54) is 0 Å². The van der Waals surface area contributed by atoms with Crippen molar-refractivity contribution in [2.24, 2.45) is 0 Å². The molecule has 0 aromatic carbocycles. The molecule has 0 aliphatic carbocycles. The smallest absolute Gasteiger partial charge is 0.244 e. The summed E-state index contributed by atoms with van der Waals surface area (Å²) in [5.74, 6) is 0.224. The number of piperazine rings is 2. The number of rotatable bonds is 1. The summed E-state index contributed by atoms with van der Waals surface area (Å²) >= 11 is 0. The summed E-state index contributed by atoms with van der Waals surface area (Å²) in [7, 11) is 2.02. The maximum Gasteiger partial charge on any atom is 0.244 e. The van der Waals surface area contributed by atoms with E-state index >= 15 is 0 Å². The van der Waals surface area contributed by atoms with Crippen molar-refractivity contribution in [3.8, 4) is 0 Å². The van der Waals surface area contributed by atoms with Gasteiger partial charge in [0.15, 0.2) is 0 Å². The quantitative estimate of drug-likeness (QED) is 0.750. The standard InChI is InChI=1S/C13H18N4O/c1-16-9-11-8-15-6-7-17(11)13(18)12(16)10-2-4-14-5-3-10/h2-5,11-12,15H,6-9H2,1H3. The Labute approximate surface area is 107 Å². The Morgan fingerprint density at radius 1 is 1.39 bits per heavy atom. The minimum atomic E-state index is -0.151. The molecule has 18 heavy (non-hydrogen) atoms. The summed E-state index contributed by atoms with van der Waals surface area (Å²) in [5.41, 5.74) is 1.04. The Kier molecular flexibility index (Phi) is 3.01. The zero-order valence-electron chi connectivity index (χ0n) is 10.5.